The molecular formula is C16H22N2O4. The summed E-state index contributed by atoms with van der Waals surface area (Å²) < 4.78 is 10.6. The van der Waals surface area contributed by atoms with Crippen LogP contribution in [0.3, 0.4) is 0 Å². The Kier molecular flexibility index (Phi) is 4.59. The fourth-order valence-corrected chi connectivity index (χ4v) is 1.98. The highest BCUT2D eigenvalue weighted by molar-refractivity contribution is 5.87. The first-order chi connectivity index (χ1) is 10.3. The Bertz CT molecular complexity index is 578. The lowest BCUT2D eigenvalue weighted by molar-refractivity contribution is -0.131. The lowest BCUT2D eigenvalue weighted by Gasteiger charge is -2.19. The van der Waals surface area contributed by atoms with Gasteiger partial charge in [0.2, 0.25) is 18.6 Å². The van der Waals surface area contributed by atoms with Crippen LogP contribution in [0.2, 0.25) is 0 Å². The number of ether oxygens (including phenoxy) is 2. The van der Waals surface area contributed by atoms with E-state index in [1.54, 1.807) is 20.8 Å². The Morgan fingerprint density at radius 1 is 1.23 bits per heavy atom. The molecule has 0 aromatic heterocycles. The summed E-state index contributed by atoms with van der Waals surface area (Å²) in [4.78, 5) is 23.6. The summed E-state index contributed by atoms with van der Waals surface area (Å²) in [5.74, 6) is 1.00. The first-order valence-electron chi connectivity index (χ1n) is 7.24. The number of benzene rings is 1. The van der Waals surface area contributed by atoms with Crippen LogP contribution in [0.15, 0.2) is 18.2 Å². The zero-order chi connectivity index (χ0) is 16.3. The molecule has 0 saturated carbocycles. The number of fused-ring (bicyclic) bond motifs is 1. The van der Waals surface area contributed by atoms with E-state index >= 15 is 0 Å². The third kappa shape index (κ3) is 3.90. The molecule has 1 unspecified atom stereocenters. The molecule has 1 aromatic rings. The molecule has 2 rings (SSSR count). The van der Waals surface area contributed by atoms with E-state index in [9.17, 15) is 9.59 Å². The molecular weight excluding hydrogens is 284 g/mol. The summed E-state index contributed by atoms with van der Waals surface area (Å²) >= 11 is 0. The average molecular weight is 306 g/mol. The molecule has 0 spiro atoms. The van der Waals surface area contributed by atoms with Gasteiger partial charge in [0, 0.05) is 5.41 Å². The molecule has 0 bridgehead atoms. The van der Waals surface area contributed by atoms with Gasteiger partial charge in [0.1, 0.15) is 0 Å². The number of hydrogen-bond acceptors (Lipinski definition) is 4. The van der Waals surface area contributed by atoms with Crippen molar-refractivity contribution in [2.24, 2.45) is 5.41 Å². The fraction of sp³-hybridized carbons (Fsp3) is 0.500. The standard InChI is InChI=1S/C16H22N2O4/c1-10(11-5-6-12-13(7-11)22-9-21-12)18-14(19)8-17-15(20)16(2,3)4/h5-7,10H,8-9H2,1-4H3,(H,17,20)(H,18,19). The zero-order valence-corrected chi connectivity index (χ0v) is 13.4. The van der Waals surface area contributed by atoms with E-state index < -0.39 is 5.41 Å². The van der Waals surface area contributed by atoms with Crippen molar-refractivity contribution in [2.75, 3.05) is 13.3 Å². The van der Waals surface area contributed by atoms with Crippen molar-refractivity contribution in [2.45, 2.75) is 33.7 Å². The van der Waals surface area contributed by atoms with Crippen LogP contribution < -0.4 is 20.1 Å². The molecule has 1 heterocycles. The summed E-state index contributed by atoms with van der Waals surface area (Å²) in [6, 6.07) is 5.36. The Balaban J connectivity index is 1.87. The number of hydrogen-bond donors (Lipinski definition) is 2. The Labute approximate surface area is 130 Å². The molecule has 2 amide bonds. The highest BCUT2D eigenvalue weighted by atomic mass is 16.7. The van der Waals surface area contributed by atoms with E-state index in [1.807, 2.05) is 25.1 Å². The highest BCUT2D eigenvalue weighted by Gasteiger charge is 2.22. The minimum atomic E-state index is -0.511. The maximum Gasteiger partial charge on any atom is 0.239 e. The van der Waals surface area contributed by atoms with E-state index in [1.165, 1.54) is 0 Å². The van der Waals surface area contributed by atoms with Gasteiger partial charge in [-0.05, 0) is 24.6 Å². The van der Waals surface area contributed by atoms with Crippen LogP contribution in [0.25, 0.3) is 0 Å². The maximum absolute atomic E-state index is 11.9. The highest BCUT2D eigenvalue weighted by Crippen LogP contribution is 2.34. The number of carbonyl (C=O) groups excluding carboxylic acids is 2. The van der Waals surface area contributed by atoms with Crippen molar-refractivity contribution >= 4 is 11.8 Å². The van der Waals surface area contributed by atoms with Crippen molar-refractivity contribution in [1.82, 2.24) is 10.6 Å². The molecule has 1 aliphatic heterocycles. The van der Waals surface area contributed by atoms with Gasteiger partial charge in [-0.3, -0.25) is 9.59 Å². The van der Waals surface area contributed by atoms with Crippen molar-refractivity contribution < 1.29 is 19.1 Å². The monoisotopic (exact) mass is 306 g/mol. The van der Waals surface area contributed by atoms with Gasteiger partial charge < -0.3 is 20.1 Å². The van der Waals surface area contributed by atoms with Gasteiger partial charge in [0.05, 0.1) is 12.6 Å². The van der Waals surface area contributed by atoms with E-state index in [-0.39, 0.29) is 31.2 Å². The van der Waals surface area contributed by atoms with Gasteiger partial charge in [0.25, 0.3) is 0 Å². The van der Waals surface area contributed by atoms with Crippen LogP contribution in [-0.4, -0.2) is 25.2 Å². The van der Waals surface area contributed by atoms with Crippen LogP contribution in [0.4, 0.5) is 0 Å². The lowest BCUT2D eigenvalue weighted by Crippen LogP contribution is -2.42. The van der Waals surface area contributed by atoms with Crippen LogP contribution in [0, 0.1) is 5.41 Å². The molecule has 1 aliphatic rings. The van der Waals surface area contributed by atoms with Crippen molar-refractivity contribution in [1.29, 1.82) is 0 Å². The summed E-state index contributed by atoms with van der Waals surface area (Å²) in [5, 5.41) is 5.47. The molecule has 1 atom stereocenters. The second-order valence-corrected chi connectivity index (χ2v) is 6.33. The maximum atomic E-state index is 11.9. The molecule has 6 nitrogen and oxygen atoms in total. The number of nitrogens with one attached hydrogen (secondary N) is 2. The van der Waals surface area contributed by atoms with Crippen LogP contribution in [0.1, 0.15) is 39.3 Å². The van der Waals surface area contributed by atoms with E-state index in [0.717, 1.165) is 5.56 Å². The van der Waals surface area contributed by atoms with Crippen molar-refractivity contribution in [3.05, 3.63) is 23.8 Å². The third-order valence-electron chi connectivity index (χ3n) is 3.36. The molecule has 0 fully saturated rings. The molecule has 0 aliphatic carbocycles. The van der Waals surface area contributed by atoms with Crippen LogP contribution >= 0.6 is 0 Å². The Morgan fingerprint density at radius 2 is 1.91 bits per heavy atom. The number of amides is 2. The van der Waals surface area contributed by atoms with Crippen molar-refractivity contribution in [3.63, 3.8) is 0 Å². The Morgan fingerprint density at radius 3 is 2.59 bits per heavy atom. The zero-order valence-electron chi connectivity index (χ0n) is 13.4. The smallest absolute Gasteiger partial charge is 0.239 e. The van der Waals surface area contributed by atoms with Crippen LogP contribution in [0.5, 0.6) is 11.5 Å². The second kappa shape index (κ2) is 6.25. The first kappa shape index (κ1) is 16.1. The van der Waals surface area contributed by atoms with Crippen molar-refractivity contribution in [3.8, 4) is 11.5 Å². The first-order valence-corrected chi connectivity index (χ1v) is 7.24. The number of carbonyl (C=O) groups is 2. The minimum absolute atomic E-state index is 0.0367. The molecule has 1 aromatic carbocycles. The van der Waals surface area contributed by atoms with Gasteiger partial charge in [0.15, 0.2) is 11.5 Å². The van der Waals surface area contributed by atoms with Gasteiger partial charge in [-0.25, -0.2) is 0 Å². The summed E-state index contributed by atoms with van der Waals surface area (Å²) in [6.07, 6.45) is 0. The van der Waals surface area contributed by atoms with E-state index in [4.69, 9.17) is 9.47 Å². The molecule has 120 valence electrons. The molecule has 0 saturated heterocycles. The molecule has 2 N–H and O–H groups in total. The van der Waals surface area contributed by atoms with E-state index in [0.29, 0.717) is 11.5 Å². The Hall–Kier alpha value is -2.24. The molecule has 6 heteroatoms. The average Bonchev–Trinajstić information content (AvgIpc) is 2.90. The molecule has 0 radical (unpaired) electrons. The summed E-state index contributed by atoms with van der Waals surface area (Å²) in [5.41, 5.74) is 0.406. The van der Waals surface area contributed by atoms with E-state index in [2.05, 4.69) is 10.6 Å². The SMILES string of the molecule is CC(NC(=O)CNC(=O)C(C)(C)C)c1ccc2c(c1)OCO2. The minimum Gasteiger partial charge on any atom is -0.454 e. The predicted octanol–water partition coefficient (Wildman–Crippen LogP) is 1.75. The number of rotatable bonds is 4. The van der Waals surface area contributed by atoms with Gasteiger partial charge >= 0.3 is 0 Å². The third-order valence-corrected chi connectivity index (χ3v) is 3.36. The van der Waals surface area contributed by atoms with Crippen LogP contribution in [-0.2, 0) is 9.59 Å². The summed E-state index contributed by atoms with van der Waals surface area (Å²) in [6.45, 7) is 7.46. The lowest BCUT2D eigenvalue weighted by atomic mass is 9.96. The molecule has 22 heavy (non-hydrogen) atoms. The van der Waals surface area contributed by atoms with Gasteiger partial charge in [-0.2, -0.15) is 0 Å². The summed E-state index contributed by atoms with van der Waals surface area (Å²) in [7, 11) is 0. The topological polar surface area (TPSA) is 76.7 Å². The van der Waals surface area contributed by atoms with Gasteiger partial charge in [-0.1, -0.05) is 26.8 Å². The largest absolute Gasteiger partial charge is 0.454 e. The normalized spacial score (nSPS) is 14.4. The predicted molar refractivity (Wildman–Crippen MR) is 81.6 cm³/mol. The quantitative estimate of drug-likeness (QED) is 0.888. The van der Waals surface area contributed by atoms with Gasteiger partial charge in [-0.15, -0.1) is 0 Å². The second-order valence-electron chi connectivity index (χ2n) is 6.33. The fourth-order valence-electron chi connectivity index (χ4n) is 1.98.